The average molecular weight is 382 g/mol. The summed E-state index contributed by atoms with van der Waals surface area (Å²) in [6, 6.07) is 13.7. The molecule has 0 unspecified atom stereocenters. The topological polar surface area (TPSA) is 63.7 Å². The van der Waals surface area contributed by atoms with Crippen molar-refractivity contribution < 1.29 is 17.9 Å². The average Bonchev–Trinajstić information content (AvgIpc) is 2.60. The van der Waals surface area contributed by atoms with Gasteiger partial charge in [0.2, 0.25) is 5.91 Å². The van der Waals surface area contributed by atoms with E-state index in [0.717, 1.165) is 0 Å². The summed E-state index contributed by atoms with van der Waals surface area (Å²) < 4.78 is 30.6. The third-order valence-electron chi connectivity index (χ3n) is 3.96. The van der Waals surface area contributed by atoms with Crippen molar-refractivity contribution in [2.75, 3.05) is 19.1 Å². The van der Waals surface area contributed by atoms with E-state index in [-0.39, 0.29) is 5.75 Å². The molecule has 0 heterocycles. The second kappa shape index (κ2) is 7.89. The minimum atomic E-state index is -3.74. The molecule has 2 rings (SSSR count). The first-order valence-electron chi connectivity index (χ1n) is 7.63. The molecule has 1 atom stereocenters. The normalized spacial score (nSPS) is 12.5. The third-order valence-corrected chi connectivity index (χ3v) is 6.19. The van der Waals surface area contributed by atoms with Gasteiger partial charge in [0.25, 0.3) is 0 Å². The number of halogens is 1. The Morgan fingerprint density at radius 1 is 1.20 bits per heavy atom. The van der Waals surface area contributed by atoms with E-state index in [1.807, 2.05) is 6.07 Å². The fourth-order valence-corrected chi connectivity index (χ4v) is 3.98. The van der Waals surface area contributed by atoms with Crippen molar-refractivity contribution in [1.82, 2.24) is 0 Å². The van der Waals surface area contributed by atoms with Crippen LogP contribution in [-0.4, -0.2) is 33.7 Å². The van der Waals surface area contributed by atoms with E-state index in [2.05, 4.69) is 0 Å². The Morgan fingerprint density at radius 3 is 2.44 bits per heavy atom. The van der Waals surface area contributed by atoms with Gasteiger partial charge in [-0.15, -0.1) is 0 Å². The van der Waals surface area contributed by atoms with E-state index in [4.69, 9.17) is 16.3 Å². The Morgan fingerprint density at radius 2 is 1.84 bits per heavy atom. The molecule has 2 aromatic carbocycles. The SMILES string of the molecule is COc1ccc(Cl)cc1CS(=O)(=O)[C@H](C)C(=O)N(C)c1ccccc1. The number of benzene rings is 2. The van der Waals surface area contributed by atoms with Crippen molar-refractivity contribution in [2.24, 2.45) is 0 Å². The quantitative estimate of drug-likeness (QED) is 0.770. The van der Waals surface area contributed by atoms with Gasteiger partial charge in [0, 0.05) is 23.3 Å². The van der Waals surface area contributed by atoms with E-state index in [1.54, 1.807) is 43.4 Å². The Kier molecular flexibility index (Phi) is 6.08. The van der Waals surface area contributed by atoms with Crippen molar-refractivity contribution in [2.45, 2.75) is 17.9 Å². The molecule has 25 heavy (non-hydrogen) atoms. The number of para-hydroxylation sites is 1. The Hall–Kier alpha value is -2.05. The van der Waals surface area contributed by atoms with Crippen molar-refractivity contribution in [3.63, 3.8) is 0 Å². The summed E-state index contributed by atoms with van der Waals surface area (Å²) in [6.45, 7) is 1.40. The molecule has 134 valence electrons. The number of hydrogen-bond acceptors (Lipinski definition) is 4. The number of anilines is 1. The van der Waals surface area contributed by atoms with Crippen molar-refractivity contribution in [3.05, 3.63) is 59.1 Å². The van der Waals surface area contributed by atoms with Gasteiger partial charge < -0.3 is 9.64 Å². The molecular formula is C18H20ClNO4S. The van der Waals surface area contributed by atoms with Gasteiger partial charge in [0.15, 0.2) is 9.84 Å². The molecule has 0 aliphatic carbocycles. The predicted octanol–water partition coefficient (Wildman–Crippen LogP) is 3.31. The molecule has 0 fully saturated rings. The maximum absolute atomic E-state index is 12.7. The van der Waals surface area contributed by atoms with Crippen LogP contribution in [0.25, 0.3) is 0 Å². The lowest BCUT2D eigenvalue weighted by molar-refractivity contribution is -0.117. The van der Waals surface area contributed by atoms with Crippen LogP contribution in [0.15, 0.2) is 48.5 Å². The highest BCUT2D eigenvalue weighted by Gasteiger charge is 2.31. The van der Waals surface area contributed by atoms with Crippen molar-refractivity contribution in [1.29, 1.82) is 0 Å². The first-order valence-corrected chi connectivity index (χ1v) is 9.72. The zero-order valence-electron chi connectivity index (χ0n) is 14.3. The third kappa shape index (κ3) is 4.52. The van der Waals surface area contributed by atoms with Crippen LogP contribution in [0.2, 0.25) is 5.02 Å². The molecule has 0 aliphatic heterocycles. The molecule has 0 spiro atoms. The molecule has 0 N–H and O–H groups in total. The number of hydrogen-bond donors (Lipinski definition) is 0. The van der Waals surface area contributed by atoms with Gasteiger partial charge in [0.1, 0.15) is 11.0 Å². The number of rotatable bonds is 6. The highest BCUT2D eigenvalue weighted by molar-refractivity contribution is 7.92. The van der Waals surface area contributed by atoms with Crippen LogP contribution in [0, 0.1) is 0 Å². The molecule has 2 aromatic rings. The van der Waals surface area contributed by atoms with Crippen LogP contribution < -0.4 is 9.64 Å². The van der Waals surface area contributed by atoms with Crippen molar-refractivity contribution >= 4 is 33.0 Å². The van der Waals surface area contributed by atoms with Crippen LogP contribution in [0.3, 0.4) is 0 Å². The van der Waals surface area contributed by atoms with E-state index in [0.29, 0.717) is 22.0 Å². The van der Waals surface area contributed by atoms with Gasteiger partial charge in [-0.3, -0.25) is 4.79 Å². The summed E-state index contributed by atoms with van der Waals surface area (Å²) >= 11 is 5.95. The standard InChI is InChI=1S/C18H20ClNO4S/c1-13(18(21)20(2)16-7-5-4-6-8-16)25(22,23)12-14-11-15(19)9-10-17(14)24-3/h4-11,13H,12H2,1-3H3/t13-/m1/s1. The summed E-state index contributed by atoms with van der Waals surface area (Å²) in [7, 11) is -0.730. The highest BCUT2D eigenvalue weighted by atomic mass is 35.5. The van der Waals surface area contributed by atoms with Crippen LogP contribution in [0.4, 0.5) is 5.69 Å². The fourth-order valence-electron chi connectivity index (χ4n) is 2.41. The van der Waals surface area contributed by atoms with Gasteiger partial charge in [-0.05, 0) is 37.3 Å². The number of carbonyl (C=O) groups is 1. The molecule has 0 radical (unpaired) electrons. The van der Waals surface area contributed by atoms with E-state index in [9.17, 15) is 13.2 Å². The molecule has 0 aliphatic rings. The van der Waals surface area contributed by atoms with Crippen LogP contribution in [0.5, 0.6) is 5.75 Å². The summed E-state index contributed by atoms with van der Waals surface area (Å²) in [5.41, 5.74) is 1.06. The van der Waals surface area contributed by atoms with E-state index >= 15 is 0 Å². The maximum atomic E-state index is 12.7. The molecule has 5 nitrogen and oxygen atoms in total. The van der Waals surface area contributed by atoms with Gasteiger partial charge in [0.05, 0.1) is 12.9 Å². The number of amides is 1. The molecular weight excluding hydrogens is 362 g/mol. The lowest BCUT2D eigenvalue weighted by Crippen LogP contribution is -2.39. The van der Waals surface area contributed by atoms with Gasteiger partial charge in [-0.25, -0.2) is 8.42 Å². The number of ether oxygens (including phenoxy) is 1. The first-order chi connectivity index (χ1) is 11.8. The Labute approximate surface area is 153 Å². The Balaban J connectivity index is 2.24. The zero-order chi connectivity index (χ0) is 18.6. The summed E-state index contributed by atoms with van der Waals surface area (Å²) in [5, 5.41) is -0.784. The molecule has 1 amide bonds. The van der Waals surface area contributed by atoms with Crippen LogP contribution >= 0.6 is 11.6 Å². The largest absolute Gasteiger partial charge is 0.496 e. The maximum Gasteiger partial charge on any atom is 0.244 e. The van der Waals surface area contributed by atoms with Gasteiger partial charge >= 0.3 is 0 Å². The number of sulfone groups is 1. The van der Waals surface area contributed by atoms with E-state index in [1.165, 1.54) is 25.0 Å². The van der Waals surface area contributed by atoms with Crippen LogP contribution in [-0.2, 0) is 20.4 Å². The minimum Gasteiger partial charge on any atom is -0.496 e. The van der Waals surface area contributed by atoms with E-state index < -0.39 is 21.0 Å². The number of methoxy groups -OCH3 is 1. The smallest absolute Gasteiger partial charge is 0.244 e. The number of nitrogens with zero attached hydrogens (tertiary/aromatic N) is 1. The first kappa shape index (κ1) is 19.3. The number of carbonyl (C=O) groups excluding carboxylic acids is 1. The fraction of sp³-hybridized carbons (Fsp3) is 0.278. The lowest BCUT2D eigenvalue weighted by Gasteiger charge is -2.22. The van der Waals surface area contributed by atoms with Gasteiger partial charge in [-0.1, -0.05) is 29.8 Å². The zero-order valence-corrected chi connectivity index (χ0v) is 15.8. The second-order valence-corrected chi connectivity index (χ2v) is 8.40. The Bertz CT molecular complexity index is 853. The summed E-state index contributed by atoms with van der Waals surface area (Å²) in [4.78, 5) is 13.9. The van der Waals surface area contributed by atoms with Gasteiger partial charge in [-0.2, -0.15) is 0 Å². The monoisotopic (exact) mass is 381 g/mol. The highest BCUT2D eigenvalue weighted by Crippen LogP contribution is 2.26. The minimum absolute atomic E-state index is 0.327. The molecule has 0 bridgehead atoms. The predicted molar refractivity (Wildman–Crippen MR) is 99.9 cm³/mol. The second-order valence-electron chi connectivity index (χ2n) is 5.64. The molecule has 0 aromatic heterocycles. The summed E-state index contributed by atoms with van der Waals surface area (Å²) in [6.07, 6.45) is 0. The molecule has 7 heteroatoms. The summed E-state index contributed by atoms with van der Waals surface area (Å²) in [5.74, 6) is -0.400. The van der Waals surface area contributed by atoms with Crippen molar-refractivity contribution in [3.8, 4) is 5.75 Å². The molecule has 0 saturated carbocycles. The molecule has 0 saturated heterocycles. The lowest BCUT2D eigenvalue weighted by atomic mass is 10.2. The van der Waals surface area contributed by atoms with Crippen LogP contribution in [0.1, 0.15) is 12.5 Å².